The Morgan fingerprint density at radius 2 is 1.81 bits per heavy atom. The van der Waals surface area contributed by atoms with Crippen LogP contribution >= 0.6 is 0 Å². The maximum atomic E-state index is 2.59. The van der Waals surface area contributed by atoms with E-state index in [4.69, 9.17) is 0 Å². The van der Waals surface area contributed by atoms with Crippen molar-refractivity contribution >= 4 is 0 Å². The summed E-state index contributed by atoms with van der Waals surface area (Å²) in [6, 6.07) is 0. The molecule has 7 fully saturated rings. The summed E-state index contributed by atoms with van der Waals surface area (Å²) in [5.41, 5.74) is 0.907. The molecule has 1 spiro atoms. The summed E-state index contributed by atoms with van der Waals surface area (Å²) in [5, 5.41) is 0. The van der Waals surface area contributed by atoms with Crippen LogP contribution in [-0.4, -0.2) is 0 Å². The van der Waals surface area contributed by atoms with Gasteiger partial charge in [-0.2, -0.15) is 0 Å². The van der Waals surface area contributed by atoms with Crippen LogP contribution in [0.2, 0.25) is 0 Å². The molecule has 0 aromatic heterocycles. The highest BCUT2D eigenvalue weighted by molar-refractivity contribution is 5.19. The standard InChI is InChI=1S/C16H24/c1-9-8-16-5-4-14(16)13-7-15(16)11-3-2-10(9)6-12(11)13/h9-15H,2-8H2,1H3. The monoisotopic (exact) mass is 216 g/mol. The van der Waals surface area contributed by atoms with E-state index in [2.05, 4.69) is 6.92 Å². The molecule has 7 saturated carbocycles. The Balaban J connectivity index is 1.67. The van der Waals surface area contributed by atoms with Gasteiger partial charge in [0.25, 0.3) is 0 Å². The number of hydrogen-bond acceptors (Lipinski definition) is 0. The molecule has 0 amide bonds. The molecular formula is C16H24. The summed E-state index contributed by atoms with van der Waals surface area (Å²) in [6.45, 7) is 2.59. The first-order valence-electron chi connectivity index (χ1n) is 7.79. The molecule has 88 valence electrons. The number of fused-ring (bicyclic) bond motifs is 1. The molecule has 0 heteroatoms. The van der Waals surface area contributed by atoms with Crippen LogP contribution in [-0.2, 0) is 0 Å². The van der Waals surface area contributed by atoms with Gasteiger partial charge < -0.3 is 0 Å². The topological polar surface area (TPSA) is 0 Å². The van der Waals surface area contributed by atoms with Gasteiger partial charge in [0.1, 0.15) is 0 Å². The lowest BCUT2D eigenvalue weighted by molar-refractivity contribution is -0.136. The minimum absolute atomic E-state index is 0.907. The summed E-state index contributed by atoms with van der Waals surface area (Å²) >= 11 is 0. The van der Waals surface area contributed by atoms with Crippen molar-refractivity contribution < 1.29 is 0 Å². The predicted molar refractivity (Wildman–Crippen MR) is 64.9 cm³/mol. The maximum Gasteiger partial charge on any atom is -0.0233 e. The summed E-state index contributed by atoms with van der Waals surface area (Å²) in [5.74, 6) is 8.20. The minimum Gasteiger partial charge on any atom is -0.0622 e. The Hall–Kier alpha value is 0. The van der Waals surface area contributed by atoms with Crippen LogP contribution in [0, 0.1) is 46.8 Å². The van der Waals surface area contributed by atoms with Gasteiger partial charge in [-0.05, 0) is 91.8 Å². The predicted octanol–water partition coefficient (Wildman–Crippen LogP) is 4.10. The second-order valence-electron chi connectivity index (χ2n) is 7.97. The zero-order valence-electron chi connectivity index (χ0n) is 10.5. The average molecular weight is 216 g/mol. The molecule has 0 aliphatic heterocycles. The first-order valence-corrected chi connectivity index (χ1v) is 7.79. The maximum absolute atomic E-state index is 2.59. The highest BCUT2D eigenvalue weighted by Gasteiger charge is 2.70. The van der Waals surface area contributed by atoms with Gasteiger partial charge in [0, 0.05) is 0 Å². The lowest BCUT2D eigenvalue weighted by Gasteiger charge is -2.62. The largest absolute Gasteiger partial charge is 0.0622 e. The van der Waals surface area contributed by atoms with Crippen molar-refractivity contribution in [3.8, 4) is 0 Å². The van der Waals surface area contributed by atoms with Crippen molar-refractivity contribution in [3.63, 3.8) is 0 Å². The van der Waals surface area contributed by atoms with Crippen LogP contribution in [0.1, 0.15) is 51.9 Å². The summed E-state index contributed by atoms with van der Waals surface area (Å²) in [4.78, 5) is 0. The average Bonchev–Trinajstić information content (AvgIpc) is 2.70. The van der Waals surface area contributed by atoms with Crippen LogP contribution in [0.5, 0.6) is 0 Å². The fraction of sp³-hybridized carbons (Fsp3) is 1.00. The van der Waals surface area contributed by atoms with Crippen molar-refractivity contribution in [2.75, 3.05) is 0 Å². The SMILES string of the molecule is CC1CC23CCC2C2CC3C3CCC1CC23. The Morgan fingerprint density at radius 1 is 0.875 bits per heavy atom. The summed E-state index contributed by atoms with van der Waals surface area (Å²) in [7, 11) is 0. The van der Waals surface area contributed by atoms with Gasteiger partial charge in [0.2, 0.25) is 0 Å². The van der Waals surface area contributed by atoms with Gasteiger partial charge in [0.15, 0.2) is 0 Å². The third-order valence-electron chi connectivity index (χ3n) is 8.01. The molecule has 8 atom stereocenters. The third-order valence-corrected chi connectivity index (χ3v) is 8.01. The van der Waals surface area contributed by atoms with E-state index in [1.54, 1.807) is 44.9 Å². The molecule has 7 aliphatic rings. The van der Waals surface area contributed by atoms with E-state index in [0.29, 0.717) is 0 Å². The van der Waals surface area contributed by atoms with E-state index in [0.717, 1.165) is 17.3 Å². The molecule has 0 aromatic carbocycles. The summed E-state index contributed by atoms with van der Waals surface area (Å²) < 4.78 is 0. The zero-order valence-corrected chi connectivity index (χ0v) is 10.5. The molecule has 16 heavy (non-hydrogen) atoms. The van der Waals surface area contributed by atoms with Crippen molar-refractivity contribution in [2.45, 2.75) is 51.9 Å². The van der Waals surface area contributed by atoms with Gasteiger partial charge in [-0.3, -0.25) is 0 Å². The molecule has 0 saturated heterocycles. The zero-order chi connectivity index (χ0) is 10.5. The van der Waals surface area contributed by atoms with Crippen molar-refractivity contribution in [2.24, 2.45) is 46.8 Å². The van der Waals surface area contributed by atoms with Crippen LogP contribution in [0.3, 0.4) is 0 Å². The second kappa shape index (κ2) is 2.54. The lowest BCUT2D eigenvalue weighted by atomic mass is 9.42. The van der Waals surface area contributed by atoms with E-state index in [1.807, 2.05) is 0 Å². The Labute approximate surface area is 99.2 Å². The Morgan fingerprint density at radius 3 is 2.62 bits per heavy atom. The van der Waals surface area contributed by atoms with Gasteiger partial charge in [-0.25, -0.2) is 0 Å². The Kier molecular flexibility index (Phi) is 1.43. The molecule has 0 nitrogen and oxygen atoms in total. The molecule has 0 aromatic rings. The fourth-order valence-electron chi connectivity index (χ4n) is 7.49. The van der Waals surface area contributed by atoms with Crippen LogP contribution in [0.25, 0.3) is 0 Å². The highest BCUT2D eigenvalue weighted by atomic mass is 14.7. The molecule has 8 unspecified atom stereocenters. The van der Waals surface area contributed by atoms with Gasteiger partial charge in [-0.1, -0.05) is 6.92 Å². The minimum atomic E-state index is 0.907. The van der Waals surface area contributed by atoms with Crippen molar-refractivity contribution in [1.29, 1.82) is 0 Å². The molecule has 7 rings (SSSR count). The van der Waals surface area contributed by atoms with E-state index < -0.39 is 0 Å². The molecule has 0 N–H and O–H groups in total. The van der Waals surface area contributed by atoms with E-state index in [-0.39, 0.29) is 0 Å². The Bertz CT molecular complexity index is 344. The van der Waals surface area contributed by atoms with Crippen molar-refractivity contribution in [3.05, 3.63) is 0 Å². The van der Waals surface area contributed by atoms with Crippen LogP contribution in [0.4, 0.5) is 0 Å². The summed E-state index contributed by atoms with van der Waals surface area (Å²) in [6.07, 6.45) is 11.4. The second-order valence-corrected chi connectivity index (χ2v) is 7.97. The van der Waals surface area contributed by atoms with Gasteiger partial charge in [0.05, 0.1) is 0 Å². The van der Waals surface area contributed by atoms with Crippen molar-refractivity contribution in [1.82, 2.24) is 0 Å². The third kappa shape index (κ3) is 0.754. The highest BCUT2D eigenvalue weighted by Crippen LogP contribution is 2.78. The first kappa shape index (κ1) is 9.00. The van der Waals surface area contributed by atoms with E-state index >= 15 is 0 Å². The van der Waals surface area contributed by atoms with Crippen LogP contribution < -0.4 is 0 Å². The van der Waals surface area contributed by atoms with E-state index in [9.17, 15) is 0 Å². The molecule has 0 heterocycles. The van der Waals surface area contributed by atoms with E-state index in [1.165, 1.54) is 29.6 Å². The molecule has 7 aliphatic carbocycles. The fourth-order valence-corrected chi connectivity index (χ4v) is 7.49. The molecule has 6 bridgehead atoms. The first-order chi connectivity index (χ1) is 7.79. The van der Waals surface area contributed by atoms with Gasteiger partial charge in [-0.15, -0.1) is 0 Å². The quantitative estimate of drug-likeness (QED) is 0.572. The smallest absolute Gasteiger partial charge is 0.0233 e. The molecular weight excluding hydrogens is 192 g/mol. The number of rotatable bonds is 0. The lowest BCUT2D eigenvalue weighted by Crippen LogP contribution is -2.55. The molecule has 0 radical (unpaired) electrons. The normalized spacial score (nSPS) is 69.9. The van der Waals surface area contributed by atoms with Gasteiger partial charge >= 0.3 is 0 Å². The van der Waals surface area contributed by atoms with Crippen LogP contribution in [0.15, 0.2) is 0 Å². The number of hydrogen-bond donors (Lipinski definition) is 0.